The molecule has 4 fully saturated rings. The Morgan fingerprint density at radius 2 is 1.80 bits per heavy atom. The number of carbonyl (C=O) groups excluding carboxylic acids is 4. The lowest BCUT2D eigenvalue weighted by Gasteiger charge is -2.32. The first-order valence-corrected chi connectivity index (χ1v) is 12.2. The molecule has 0 aromatic rings. The fourth-order valence-electron chi connectivity index (χ4n) is 5.01. The van der Waals surface area contributed by atoms with E-state index in [4.69, 9.17) is 0 Å². The van der Waals surface area contributed by atoms with Crippen molar-refractivity contribution in [3.05, 3.63) is 0 Å². The molecule has 9 nitrogen and oxygen atoms in total. The molecule has 1 spiro atoms. The molecule has 5 amide bonds. The van der Waals surface area contributed by atoms with Crippen LogP contribution in [0.15, 0.2) is 0 Å². The van der Waals surface area contributed by atoms with Crippen LogP contribution in [-0.2, 0) is 14.4 Å². The molecule has 0 bridgehead atoms. The van der Waals surface area contributed by atoms with Crippen molar-refractivity contribution < 1.29 is 19.2 Å². The first-order valence-electron chi connectivity index (χ1n) is 11.1. The van der Waals surface area contributed by atoms with Gasteiger partial charge in [0.25, 0.3) is 5.91 Å². The lowest BCUT2D eigenvalue weighted by Crippen LogP contribution is -2.51. The van der Waals surface area contributed by atoms with Gasteiger partial charge in [-0.15, -0.1) is 0 Å². The summed E-state index contributed by atoms with van der Waals surface area (Å²) < 4.78 is 0. The summed E-state index contributed by atoms with van der Waals surface area (Å²) in [5.74, 6) is 1.40. The number of rotatable bonds is 5. The summed E-state index contributed by atoms with van der Waals surface area (Å²) in [6.07, 6.45) is 6.00. The smallest absolute Gasteiger partial charge is 0.340 e. The van der Waals surface area contributed by atoms with E-state index in [0.717, 1.165) is 68.3 Å². The molecule has 10 heteroatoms. The van der Waals surface area contributed by atoms with Gasteiger partial charge in [0.05, 0.1) is 6.04 Å². The molecular weight excluding hydrogens is 406 g/mol. The topological polar surface area (TPSA) is 102 Å². The Kier molecular flexibility index (Phi) is 6.52. The predicted octanol–water partition coefficient (Wildman–Crippen LogP) is 0.702. The van der Waals surface area contributed by atoms with E-state index >= 15 is 0 Å². The van der Waals surface area contributed by atoms with Crippen LogP contribution in [0.4, 0.5) is 4.79 Å². The maximum atomic E-state index is 12.9. The van der Waals surface area contributed by atoms with Gasteiger partial charge in [0.1, 0.15) is 5.54 Å². The van der Waals surface area contributed by atoms with Crippen LogP contribution in [0.5, 0.6) is 0 Å². The predicted molar refractivity (Wildman–Crippen MR) is 112 cm³/mol. The Morgan fingerprint density at radius 3 is 2.53 bits per heavy atom. The van der Waals surface area contributed by atoms with Gasteiger partial charge in [0, 0.05) is 37.6 Å². The van der Waals surface area contributed by atoms with E-state index in [9.17, 15) is 19.2 Å². The molecule has 4 aliphatic rings. The highest BCUT2D eigenvalue weighted by atomic mass is 32.2. The quantitative estimate of drug-likeness (QED) is 0.614. The van der Waals surface area contributed by atoms with E-state index in [1.54, 1.807) is 0 Å². The molecule has 3 aliphatic heterocycles. The molecular formula is C20H31N5O4S. The second kappa shape index (κ2) is 9.13. The number of urea groups is 1. The summed E-state index contributed by atoms with van der Waals surface area (Å²) in [5, 5.41) is 3.64. The van der Waals surface area contributed by atoms with Crippen molar-refractivity contribution in [1.29, 1.82) is 0 Å². The van der Waals surface area contributed by atoms with Crippen LogP contribution in [-0.4, -0.2) is 87.8 Å². The molecule has 30 heavy (non-hydrogen) atoms. The zero-order chi connectivity index (χ0) is 21.1. The van der Waals surface area contributed by atoms with Crippen LogP contribution in [0.1, 0.15) is 51.4 Å². The van der Waals surface area contributed by atoms with Crippen LogP contribution in [0.25, 0.3) is 0 Å². The Balaban J connectivity index is 1.28. The Bertz CT molecular complexity index is 705. The van der Waals surface area contributed by atoms with Gasteiger partial charge >= 0.3 is 6.03 Å². The molecule has 3 heterocycles. The number of amides is 5. The van der Waals surface area contributed by atoms with Gasteiger partial charge in [-0.25, -0.2) is 4.79 Å². The van der Waals surface area contributed by atoms with Gasteiger partial charge in [-0.3, -0.25) is 24.7 Å². The molecule has 0 radical (unpaired) electrons. The first-order chi connectivity index (χ1) is 14.5. The number of hydrogen-bond donors (Lipinski definition) is 2. The maximum Gasteiger partial charge on any atom is 0.344 e. The number of likely N-dealkylation sites (tertiary alicyclic amines) is 1. The minimum absolute atomic E-state index is 0.143. The molecule has 1 saturated carbocycles. The van der Waals surface area contributed by atoms with Crippen molar-refractivity contribution >= 4 is 35.5 Å². The van der Waals surface area contributed by atoms with E-state index in [-0.39, 0.29) is 30.2 Å². The van der Waals surface area contributed by atoms with Gasteiger partial charge in [-0.2, -0.15) is 16.8 Å². The molecule has 0 aromatic carbocycles. The molecule has 1 aliphatic carbocycles. The van der Waals surface area contributed by atoms with Crippen molar-refractivity contribution in [3.8, 4) is 0 Å². The SMILES string of the molecule is O=C(CCN1CCCC1C(=O)N1CCSCC1)NN1C(=O)NC2(CCCCC2)C1=O. The lowest BCUT2D eigenvalue weighted by atomic mass is 9.82. The van der Waals surface area contributed by atoms with Crippen LogP contribution < -0.4 is 10.7 Å². The molecule has 166 valence electrons. The normalized spacial score (nSPS) is 26.9. The molecule has 1 atom stereocenters. The first kappa shape index (κ1) is 21.4. The summed E-state index contributed by atoms with van der Waals surface area (Å²) >= 11 is 1.87. The number of carbonyl (C=O) groups is 4. The third-order valence-electron chi connectivity index (χ3n) is 6.70. The summed E-state index contributed by atoms with van der Waals surface area (Å²) in [6, 6.07) is -0.712. The van der Waals surface area contributed by atoms with E-state index in [1.807, 2.05) is 16.7 Å². The van der Waals surface area contributed by atoms with E-state index in [1.165, 1.54) is 0 Å². The summed E-state index contributed by atoms with van der Waals surface area (Å²) in [6.45, 7) is 2.82. The van der Waals surface area contributed by atoms with Crippen molar-refractivity contribution in [2.45, 2.75) is 62.9 Å². The fourth-order valence-corrected chi connectivity index (χ4v) is 5.91. The van der Waals surface area contributed by atoms with Crippen molar-refractivity contribution in [2.75, 3.05) is 37.7 Å². The highest BCUT2D eigenvalue weighted by molar-refractivity contribution is 7.99. The van der Waals surface area contributed by atoms with Crippen LogP contribution in [0.3, 0.4) is 0 Å². The second-order valence-electron chi connectivity index (χ2n) is 8.63. The Morgan fingerprint density at radius 1 is 1.07 bits per heavy atom. The summed E-state index contributed by atoms with van der Waals surface area (Å²) in [4.78, 5) is 54.4. The molecule has 0 aromatic heterocycles. The van der Waals surface area contributed by atoms with E-state index in [2.05, 4.69) is 15.6 Å². The minimum atomic E-state index is -0.845. The molecule has 1 unspecified atom stereocenters. The summed E-state index contributed by atoms with van der Waals surface area (Å²) in [7, 11) is 0. The number of imide groups is 1. The zero-order valence-electron chi connectivity index (χ0n) is 17.4. The number of hydrazine groups is 1. The third kappa shape index (κ3) is 4.30. The number of hydrogen-bond acceptors (Lipinski definition) is 6. The highest BCUT2D eigenvalue weighted by Crippen LogP contribution is 2.33. The van der Waals surface area contributed by atoms with E-state index < -0.39 is 11.6 Å². The largest absolute Gasteiger partial charge is 0.344 e. The molecule has 3 saturated heterocycles. The number of nitrogens with one attached hydrogen (secondary N) is 2. The fraction of sp³-hybridized carbons (Fsp3) is 0.800. The number of thioether (sulfide) groups is 1. The standard InChI is InChI=1S/C20H31N5O4S/c26-16(22-25-18(28)20(21-19(25)29)7-2-1-3-8-20)6-10-23-9-4-5-15(23)17(27)24-11-13-30-14-12-24/h15H,1-14H2,(H,21,29)(H,22,26). The van der Waals surface area contributed by atoms with Crippen LogP contribution in [0, 0.1) is 0 Å². The van der Waals surface area contributed by atoms with E-state index in [0.29, 0.717) is 19.4 Å². The van der Waals surface area contributed by atoms with Crippen LogP contribution in [0.2, 0.25) is 0 Å². The van der Waals surface area contributed by atoms with Gasteiger partial charge in [0.2, 0.25) is 11.8 Å². The average molecular weight is 438 g/mol. The van der Waals surface area contributed by atoms with Gasteiger partial charge in [-0.1, -0.05) is 19.3 Å². The van der Waals surface area contributed by atoms with Crippen molar-refractivity contribution in [2.24, 2.45) is 0 Å². The third-order valence-corrected chi connectivity index (χ3v) is 7.65. The molecule has 4 rings (SSSR count). The monoisotopic (exact) mass is 437 g/mol. The highest BCUT2D eigenvalue weighted by Gasteiger charge is 2.52. The minimum Gasteiger partial charge on any atom is -0.340 e. The second-order valence-corrected chi connectivity index (χ2v) is 9.85. The Labute approximate surface area is 181 Å². The lowest BCUT2D eigenvalue weighted by molar-refractivity contribution is -0.140. The number of nitrogens with zero attached hydrogens (tertiary/aromatic N) is 3. The average Bonchev–Trinajstić information content (AvgIpc) is 3.32. The molecule has 2 N–H and O–H groups in total. The van der Waals surface area contributed by atoms with Crippen molar-refractivity contribution in [3.63, 3.8) is 0 Å². The van der Waals surface area contributed by atoms with Gasteiger partial charge in [-0.05, 0) is 32.2 Å². The maximum absolute atomic E-state index is 12.9. The van der Waals surface area contributed by atoms with Crippen molar-refractivity contribution in [1.82, 2.24) is 25.6 Å². The van der Waals surface area contributed by atoms with Gasteiger partial charge in [0.15, 0.2) is 0 Å². The van der Waals surface area contributed by atoms with Gasteiger partial charge < -0.3 is 10.2 Å². The zero-order valence-corrected chi connectivity index (χ0v) is 18.2. The Hall–Kier alpha value is -1.81. The summed E-state index contributed by atoms with van der Waals surface area (Å²) in [5.41, 5.74) is 1.64. The van der Waals surface area contributed by atoms with Crippen LogP contribution >= 0.6 is 11.8 Å².